The van der Waals surface area contributed by atoms with Gasteiger partial charge in [-0.3, -0.25) is 0 Å². The minimum Gasteiger partial charge on any atom is -0.496 e. The van der Waals surface area contributed by atoms with Gasteiger partial charge in [0.1, 0.15) is 5.75 Å². The molecule has 0 amide bonds. The number of nitrogens with two attached hydrogens (primary N) is 1. The quantitative estimate of drug-likeness (QED) is 0.923. The fourth-order valence-corrected chi connectivity index (χ4v) is 2.62. The number of benzene rings is 2. The minimum absolute atomic E-state index is 0.123. The average molecular weight is 320 g/mol. The third-order valence-corrected chi connectivity index (χ3v) is 4.28. The molecule has 3 heteroatoms. The normalized spacial score (nSPS) is 12.3. The first-order valence-corrected chi connectivity index (χ1v) is 6.99. The van der Waals surface area contributed by atoms with Crippen molar-refractivity contribution in [2.75, 3.05) is 7.11 Å². The first-order valence-electron chi connectivity index (χ1n) is 6.19. The Morgan fingerprint density at radius 2 is 1.89 bits per heavy atom. The van der Waals surface area contributed by atoms with Gasteiger partial charge < -0.3 is 10.5 Å². The highest BCUT2D eigenvalue weighted by atomic mass is 79.9. The van der Waals surface area contributed by atoms with E-state index >= 15 is 0 Å². The summed E-state index contributed by atoms with van der Waals surface area (Å²) in [4.78, 5) is 0. The molecule has 2 rings (SSSR count). The molecule has 19 heavy (non-hydrogen) atoms. The van der Waals surface area contributed by atoms with E-state index in [2.05, 4.69) is 35.0 Å². The highest BCUT2D eigenvalue weighted by molar-refractivity contribution is 9.10. The Morgan fingerprint density at radius 1 is 1.16 bits per heavy atom. The van der Waals surface area contributed by atoms with Gasteiger partial charge in [-0.1, -0.05) is 40.2 Å². The summed E-state index contributed by atoms with van der Waals surface area (Å²) < 4.78 is 6.37. The van der Waals surface area contributed by atoms with Crippen molar-refractivity contribution in [3.05, 3.63) is 63.1 Å². The molecule has 0 heterocycles. The second-order valence-electron chi connectivity index (χ2n) is 4.66. The molecule has 0 aliphatic carbocycles. The number of hydrogen-bond acceptors (Lipinski definition) is 2. The third-order valence-electron chi connectivity index (χ3n) is 3.42. The van der Waals surface area contributed by atoms with Crippen LogP contribution in [-0.2, 0) is 0 Å². The molecule has 100 valence electrons. The summed E-state index contributed by atoms with van der Waals surface area (Å²) in [6, 6.07) is 12.1. The van der Waals surface area contributed by atoms with Crippen molar-refractivity contribution >= 4 is 15.9 Å². The summed E-state index contributed by atoms with van der Waals surface area (Å²) in [5, 5.41) is 0. The monoisotopic (exact) mass is 319 g/mol. The summed E-state index contributed by atoms with van der Waals surface area (Å²) in [5.74, 6) is 0.891. The van der Waals surface area contributed by atoms with Crippen LogP contribution in [0.3, 0.4) is 0 Å². The van der Waals surface area contributed by atoms with Crippen molar-refractivity contribution in [2.45, 2.75) is 19.9 Å². The van der Waals surface area contributed by atoms with Crippen LogP contribution in [0.25, 0.3) is 0 Å². The van der Waals surface area contributed by atoms with Crippen LogP contribution in [0.2, 0.25) is 0 Å². The molecular weight excluding hydrogens is 302 g/mol. The van der Waals surface area contributed by atoms with Gasteiger partial charge in [-0.15, -0.1) is 0 Å². The van der Waals surface area contributed by atoms with Gasteiger partial charge in [0, 0.05) is 4.47 Å². The van der Waals surface area contributed by atoms with Crippen molar-refractivity contribution in [3.8, 4) is 5.75 Å². The SMILES string of the molecule is COc1ccc(C(N)c2cccc(Br)c2C)cc1C. The number of hydrogen-bond donors (Lipinski definition) is 1. The molecule has 0 saturated heterocycles. The largest absolute Gasteiger partial charge is 0.496 e. The fraction of sp³-hybridized carbons (Fsp3) is 0.250. The lowest BCUT2D eigenvalue weighted by molar-refractivity contribution is 0.411. The molecule has 0 bridgehead atoms. The fourth-order valence-electron chi connectivity index (χ4n) is 2.24. The Labute approximate surface area is 122 Å². The second-order valence-corrected chi connectivity index (χ2v) is 5.52. The molecule has 2 aromatic rings. The van der Waals surface area contributed by atoms with E-state index in [1.807, 2.05) is 31.2 Å². The van der Waals surface area contributed by atoms with E-state index in [1.54, 1.807) is 7.11 Å². The lowest BCUT2D eigenvalue weighted by Crippen LogP contribution is -2.13. The van der Waals surface area contributed by atoms with Crippen molar-refractivity contribution < 1.29 is 4.74 Å². The Morgan fingerprint density at radius 3 is 2.53 bits per heavy atom. The van der Waals surface area contributed by atoms with Crippen molar-refractivity contribution in [1.29, 1.82) is 0 Å². The van der Waals surface area contributed by atoms with Crippen molar-refractivity contribution in [2.24, 2.45) is 5.73 Å². The molecule has 0 radical (unpaired) electrons. The predicted octanol–water partition coefficient (Wildman–Crippen LogP) is 4.12. The summed E-state index contributed by atoms with van der Waals surface area (Å²) in [6.07, 6.45) is 0. The number of methoxy groups -OCH3 is 1. The van der Waals surface area contributed by atoms with Gasteiger partial charge in [-0.2, -0.15) is 0 Å². The molecule has 2 N–H and O–H groups in total. The third kappa shape index (κ3) is 2.82. The molecule has 0 saturated carbocycles. The lowest BCUT2D eigenvalue weighted by atomic mass is 9.95. The maximum Gasteiger partial charge on any atom is 0.121 e. The Bertz CT molecular complexity index is 595. The molecular formula is C16H18BrNO. The van der Waals surface area contributed by atoms with Gasteiger partial charge in [0.2, 0.25) is 0 Å². The number of halogens is 1. The lowest BCUT2D eigenvalue weighted by Gasteiger charge is -2.17. The van der Waals surface area contributed by atoms with E-state index in [-0.39, 0.29) is 6.04 Å². The van der Waals surface area contributed by atoms with E-state index in [9.17, 15) is 0 Å². The standard InChI is InChI=1S/C16H18BrNO/c1-10-9-12(7-8-15(10)19-3)16(18)13-5-4-6-14(17)11(13)2/h4-9,16H,18H2,1-3H3. The van der Waals surface area contributed by atoms with Crippen LogP contribution in [0.1, 0.15) is 28.3 Å². The van der Waals surface area contributed by atoms with Gasteiger partial charge in [-0.05, 0) is 48.2 Å². The highest BCUT2D eigenvalue weighted by Crippen LogP contribution is 2.29. The van der Waals surface area contributed by atoms with E-state index in [4.69, 9.17) is 10.5 Å². The van der Waals surface area contributed by atoms with Gasteiger partial charge >= 0.3 is 0 Å². The Balaban J connectivity index is 2.41. The van der Waals surface area contributed by atoms with Gasteiger partial charge in [0.05, 0.1) is 13.2 Å². The first-order chi connectivity index (χ1) is 9.04. The predicted molar refractivity (Wildman–Crippen MR) is 82.6 cm³/mol. The Kier molecular flexibility index (Phi) is 4.27. The molecule has 1 atom stereocenters. The van der Waals surface area contributed by atoms with E-state index in [0.717, 1.165) is 26.9 Å². The molecule has 2 aromatic carbocycles. The zero-order valence-electron chi connectivity index (χ0n) is 11.4. The van der Waals surface area contributed by atoms with Crippen LogP contribution in [0, 0.1) is 13.8 Å². The van der Waals surface area contributed by atoms with E-state index < -0.39 is 0 Å². The second kappa shape index (κ2) is 5.76. The van der Waals surface area contributed by atoms with Crippen LogP contribution < -0.4 is 10.5 Å². The van der Waals surface area contributed by atoms with E-state index in [1.165, 1.54) is 5.56 Å². The Hall–Kier alpha value is -1.32. The summed E-state index contributed by atoms with van der Waals surface area (Å²) in [7, 11) is 1.68. The molecule has 0 aliphatic rings. The topological polar surface area (TPSA) is 35.2 Å². The van der Waals surface area contributed by atoms with Crippen molar-refractivity contribution in [3.63, 3.8) is 0 Å². The highest BCUT2D eigenvalue weighted by Gasteiger charge is 2.13. The van der Waals surface area contributed by atoms with Crippen LogP contribution in [0.4, 0.5) is 0 Å². The number of rotatable bonds is 3. The van der Waals surface area contributed by atoms with E-state index in [0.29, 0.717) is 0 Å². The van der Waals surface area contributed by atoms with Crippen LogP contribution in [0.5, 0.6) is 5.75 Å². The van der Waals surface area contributed by atoms with Gasteiger partial charge in [0.15, 0.2) is 0 Å². The van der Waals surface area contributed by atoms with Crippen LogP contribution >= 0.6 is 15.9 Å². The van der Waals surface area contributed by atoms with Gasteiger partial charge in [0.25, 0.3) is 0 Å². The molecule has 0 aliphatic heterocycles. The molecule has 0 spiro atoms. The van der Waals surface area contributed by atoms with Crippen LogP contribution in [0.15, 0.2) is 40.9 Å². The maximum absolute atomic E-state index is 6.38. The molecule has 1 unspecified atom stereocenters. The molecule has 2 nitrogen and oxygen atoms in total. The summed E-state index contributed by atoms with van der Waals surface area (Å²) >= 11 is 3.55. The average Bonchev–Trinajstić information content (AvgIpc) is 2.41. The van der Waals surface area contributed by atoms with Crippen molar-refractivity contribution in [1.82, 2.24) is 0 Å². The van der Waals surface area contributed by atoms with Crippen LogP contribution in [-0.4, -0.2) is 7.11 Å². The summed E-state index contributed by atoms with van der Waals surface area (Å²) in [5.41, 5.74) is 10.9. The smallest absolute Gasteiger partial charge is 0.121 e. The first kappa shape index (κ1) is 14.1. The maximum atomic E-state index is 6.38. The summed E-state index contributed by atoms with van der Waals surface area (Å²) in [6.45, 7) is 4.11. The zero-order valence-corrected chi connectivity index (χ0v) is 13.0. The van der Waals surface area contributed by atoms with Gasteiger partial charge in [-0.25, -0.2) is 0 Å². The zero-order chi connectivity index (χ0) is 14.0. The molecule has 0 aromatic heterocycles. The number of aryl methyl sites for hydroxylation is 1. The minimum atomic E-state index is -0.123. The molecule has 0 fully saturated rings. The number of ether oxygens (including phenoxy) is 1.